The molecule has 1 saturated heterocycles. The van der Waals surface area contributed by atoms with Crippen LogP contribution in [-0.2, 0) is 9.53 Å². The Balaban J connectivity index is 1.23. The summed E-state index contributed by atoms with van der Waals surface area (Å²) in [5.41, 5.74) is 4.98. The number of rotatable bonds is 4. The molecular weight excluding hydrogens is 378 g/mol. The Morgan fingerprint density at radius 3 is 2.37 bits per heavy atom. The van der Waals surface area contributed by atoms with E-state index in [1.807, 2.05) is 29.2 Å². The van der Waals surface area contributed by atoms with Crippen LogP contribution in [0.25, 0.3) is 11.1 Å². The fourth-order valence-electron chi connectivity index (χ4n) is 5.89. The first kappa shape index (κ1) is 19.2. The molecule has 30 heavy (non-hydrogen) atoms. The number of ether oxygens (including phenoxy) is 1. The molecule has 2 unspecified atom stereocenters. The third-order valence-electron chi connectivity index (χ3n) is 7.30. The van der Waals surface area contributed by atoms with Crippen LogP contribution in [0.2, 0.25) is 0 Å². The summed E-state index contributed by atoms with van der Waals surface area (Å²) in [5, 5.41) is 9.07. The number of carboxylic acid groups (broad SMARTS) is 1. The molecule has 1 amide bonds. The number of carbonyl (C=O) groups is 2. The highest BCUT2D eigenvalue weighted by atomic mass is 16.6. The van der Waals surface area contributed by atoms with Gasteiger partial charge in [0.1, 0.15) is 6.61 Å². The first-order chi connectivity index (χ1) is 14.5. The summed E-state index contributed by atoms with van der Waals surface area (Å²) in [7, 11) is 0. The number of carbonyl (C=O) groups excluding carboxylic acids is 1. The Bertz CT molecular complexity index is 941. The average Bonchev–Trinajstić information content (AvgIpc) is 3.43. The monoisotopic (exact) mass is 405 g/mol. The van der Waals surface area contributed by atoms with E-state index in [0.717, 1.165) is 25.7 Å². The number of hydrogen-bond acceptors (Lipinski definition) is 3. The lowest BCUT2D eigenvalue weighted by molar-refractivity contribution is -0.138. The molecule has 1 aliphatic heterocycles. The van der Waals surface area contributed by atoms with E-state index in [-0.39, 0.29) is 29.8 Å². The van der Waals surface area contributed by atoms with E-state index < -0.39 is 5.97 Å². The molecule has 156 valence electrons. The molecule has 3 aliphatic rings. The Labute approximate surface area is 176 Å². The van der Waals surface area contributed by atoms with E-state index in [2.05, 4.69) is 24.3 Å². The summed E-state index contributed by atoms with van der Waals surface area (Å²) in [4.78, 5) is 25.7. The summed E-state index contributed by atoms with van der Waals surface area (Å²) < 4.78 is 5.81. The van der Waals surface area contributed by atoms with Crippen molar-refractivity contribution in [3.8, 4) is 11.1 Å². The molecule has 2 aromatic carbocycles. The quantitative estimate of drug-likeness (QED) is 0.785. The minimum atomic E-state index is -0.719. The number of benzene rings is 2. The van der Waals surface area contributed by atoms with Gasteiger partial charge in [0, 0.05) is 25.4 Å². The number of carboxylic acids is 1. The molecule has 1 saturated carbocycles. The molecule has 2 aromatic rings. The van der Waals surface area contributed by atoms with Crippen LogP contribution in [0.15, 0.2) is 48.5 Å². The van der Waals surface area contributed by atoms with Gasteiger partial charge in [0.15, 0.2) is 0 Å². The zero-order chi connectivity index (χ0) is 20.7. The SMILES string of the molecule is O=C(O)CC1CCC2(CCN(C(=O)OCC3c4ccccc4-c4ccccc43)C2)C1. The molecule has 5 rings (SSSR count). The van der Waals surface area contributed by atoms with E-state index >= 15 is 0 Å². The Hall–Kier alpha value is -2.82. The summed E-state index contributed by atoms with van der Waals surface area (Å²) in [6, 6.07) is 16.7. The van der Waals surface area contributed by atoms with Crippen molar-refractivity contribution in [2.24, 2.45) is 11.3 Å². The maximum atomic E-state index is 12.8. The van der Waals surface area contributed by atoms with E-state index in [9.17, 15) is 9.59 Å². The van der Waals surface area contributed by atoms with Crippen LogP contribution in [-0.4, -0.2) is 41.8 Å². The molecule has 0 bridgehead atoms. The lowest BCUT2D eigenvalue weighted by Gasteiger charge is -2.24. The van der Waals surface area contributed by atoms with Gasteiger partial charge in [-0.15, -0.1) is 0 Å². The van der Waals surface area contributed by atoms with Crippen molar-refractivity contribution in [2.75, 3.05) is 19.7 Å². The van der Waals surface area contributed by atoms with E-state index in [1.54, 1.807) is 0 Å². The highest BCUT2D eigenvalue weighted by Gasteiger charge is 2.46. The topological polar surface area (TPSA) is 66.8 Å². The smallest absolute Gasteiger partial charge is 0.409 e. The molecule has 2 fully saturated rings. The second kappa shape index (κ2) is 7.46. The van der Waals surface area contributed by atoms with Crippen LogP contribution in [0.3, 0.4) is 0 Å². The average molecular weight is 405 g/mol. The minimum absolute atomic E-state index is 0.0735. The van der Waals surface area contributed by atoms with E-state index in [0.29, 0.717) is 19.7 Å². The van der Waals surface area contributed by atoms with Gasteiger partial charge >= 0.3 is 12.1 Å². The maximum absolute atomic E-state index is 12.8. The molecule has 5 heteroatoms. The van der Waals surface area contributed by atoms with Gasteiger partial charge in [-0.2, -0.15) is 0 Å². The number of hydrogen-bond donors (Lipinski definition) is 1. The van der Waals surface area contributed by atoms with Crippen molar-refractivity contribution in [1.29, 1.82) is 0 Å². The molecular formula is C25H27NO4. The largest absolute Gasteiger partial charge is 0.481 e. The third-order valence-corrected chi connectivity index (χ3v) is 7.30. The number of aliphatic carboxylic acids is 1. The van der Waals surface area contributed by atoms with Crippen LogP contribution in [0.4, 0.5) is 4.79 Å². The summed E-state index contributed by atoms with van der Waals surface area (Å²) in [6.45, 7) is 1.74. The zero-order valence-corrected chi connectivity index (χ0v) is 17.0. The van der Waals surface area contributed by atoms with Crippen molar-refractivity contribution in [1.82, 2.24) is 4.90 Å². The lowest BCUT2D eigenvalue weighted by Crippen LogP contribution is -2.32. The van der Waals surface area contributed by atoms with Gasteiger partial charge in [-0.05, 0) is 59.3 Å². The van der Waals surface area contributed by atoms with Crippen molar-refractivity contribution in [3.05, 3.63) is 59.7 Å². The predicted octanol–water partition coefficient (Wildman–Crippen LogP) is 4.90. The van der Waals surface area contributed by atoms with Gasteiger partial charge in [0.25, 0.3) is 0 Å². The van der Waals surface area contributed by atoms with Crippen molar-refractivity contribution < 1.29 is 19.4 Å². The summed E-state index contributed by atoms with van der Waals surface area (Å²) in [6.07, 6.45) is 3.82. The Morgan fingerprint density at radius 1 is 1.03 bits per heavy atom. The highest BCUT2D eigenvalue weighted by molar-refractivity contribution is 5.79. The minimum Gasteiger partial charge on any atom is -0.481 e. The second-order valence-corrected chi connectivity index (χ2v) is 9.18. The van der Waals surface area contributed by atoms with Crippen LogP contribution in [0, 0.1) is 11.3 Å². The van der Waals surface area contributed by atoms with Gasteiger partial charge in [-0.1, -0.05) is 48.5 Å². The highest BCUT2D eigenvalue weighted by Crippen LogP contribution is 2.49. The van der Waals surface area contributed by atoms with Crippen LogP contribution in [0.1, 0.15) is 49.1 Å². The maximum Gasteiger partial charge on any atom is 0.409 e. The predicted molar refractivity (Wildman–Crippen MR) is 113 cm³/mol. The second-order valence-electron chi connectivity index (χ2n) is 9.18. The van der Waals surface area contributed by atoms with Gasteiger partial charge in [0.05, 0.1) is 0 Å². The lowest BCUT2D eigenvalue weighted by atomic mass is 9.84. The first-order valence-electron chi connectivity index (χ1n) is 10.9. The molecule has 2 atom stereocenters. The Kier molecular flexibility index (Phi) is 4.76. The molecule has 0 radical (unpaired) electrons. The fraction of sp³-hybridized carbons (Fsp3) is 0.440. The summed E-state index contributed by atoms with van der Waals surface area (Å²) in [5.74, 6) is -0.405. The van der Waals surface area contributed by atoms with Crippen molar-refractivity contribution >= 4 is 12.1 Å². The first-order valence-corrected chi connectivity index (χ1v) is 10.9. The van der Waals surface area contributed by atoms with Crippen LogP contribution >= 0.6 is 0 Å². The number of fused-ring (bicyclic) bond motifs is 3. The molecule has 2 aliphatic carbocycles. The van der Waals surface area contributed by atoms with Gasteiger partial charge in [-0.3, -0.25) is 4.79 Å². The molecule has 5 nitrogen and oxygen atoms in total. The van der Waals surface area contributed by atoms with E-state index in [1.165, 1.54) is 22.3 Å². The number of amides is 1. The van der Waals surface area contributed by atoms with Crippen molar-refractivity contribution in [3.63, 3.8) is 0 Å². The van der Waals surface area contributed by atoms with Crippen LogP contribution < -0.4 is 0 Å². The molecule has 1 spiro atoms. The van der Waals surface area contributed by atoms with Crippen LogP contribution in [0.5, 0.6) is 0 Å². The Morgan fingerprint density at radius 2 is 1.70 bits per heavy atom. The van der Waals surface area contributed by atoms with Gasteiger partial charge < -0.3 is 14.7 Å². The number of nitrogens with zero attached hydrogens (tertiary/aromatic N) is 1. The summed E-state index contributed by atoms with van der Waals surface area (Å²) >= 11 is 0. The van der Waals surface area contributed by atoms with Gasteiger partial charge in [0.2, 0.25) is 0 Å². The third kappa shape index (κ3) is 3.36. The van der Waals surface area contributed by atoms with Gasteiger partial charge in [-0.25, -0.2) is 4.79 Å². The number of likely N-dealkylation sites (tertiary alicyclic amines) is 1. The van der Waals surface area contributed by atoms with E-state index in [4.69, 9.17) is 9.84 Å². The fourth-order valence-corrected chi connectivity index (χ4v) is 5.89. The zero-order valence-electron chi connectivity index (χ0n) is 17.0. The molecule has 1 N–H and O–H groups in total. The molecule has 1 heterocycles. The van der Waals surface area contributed by atoms with Crippen molar-refractivity contribution in [2.45, 2.75) is 38.0 Å². The molecule has 0 aromatic heterocycles. The normalized spacial score (nSPS) is 24.8. The standard InChI is InChI=1S/C25H27NO4/c27-23(28)13-17-9-10-25(14-17)11-12-26(16-25)24(29)30-15-22-20-7-3-1-5-18(20)19-6-2-4-8-21(19)22/h1-8,17,22H,9-16H2,(H,27,28).